The molecule has 288 valence electrons. The maximum Gasteiger partial charge on any atom is 0.407 e. The number of carbonyl (C=O) groups excluding carboxylic acids is 4. The average Bonchev–Trinajstić information content (AvgIpc) is 3.03. The third-order valence-electron chi connectivity index (χ3n) is 9.55. The highest BCUT2D eigenvalue weighted by Gasteiger charge is 2.34. The van der Waals surface area contributed by atoms with Crippen molar-refractivity contribution in [1.82, 2.24) is 26.2 Å². The normalized spacial score (nSPS) is 18.7. The maximum absolute atomic E-state index is 14.0. The first kappa shape index (κ1) is 42.0. The molecule has 1 saturated heterocycles. The van der Waals surface area contributed by atoms with Crippen LogP contribution in [0.15, 0.2) is 30.3 Å². The number of nitrogens with one attached hydrogen (secondary N) is 4. The molecule has 2 fully saturated rings. The van der Waals surface area contributed by atoms with Gasteiger partial charge in [0.1, 0.15) is 17.7 Å². The molecule has 0 radical (unpaired) electrons. The van der Waals surface area contributed by atoms with Crippen LogP contribution >= 0.6 is 0 Å². The molecular weight excluding hydrogens is 650 g/mol. The van der Waals surface area contributed by atoms with E-state index in [4.69, 9.17) is 4.74 Å². The molecule has 0 spiro atoms. The topological polar surface area (TPSA) is 169 Å². The largest absolute Gasteiger partial charge is 0.444 e. The van der Waals surface area contributed by atoms with Gasteiger partial charge >= 0.3 is 12.1 Å². The number of aliphatic hydroxyl groups is 2. The number of nitrogens with zero attached hydrogens (tertiary/aromatic N) is 1. The number of alkyl carbamates (subject to hydrolysis) is 1. The van der Waals surface area contributed by atoms with Crippen molar-refractivity contribution in [2.24, 2.45) is 11.8 Å². The smallest absolute Gasteiger partial charge is 0.407 e. The standard InChI is InChI=1S/C39H65N5O7/c1-26(2)22-31(34(46)41-30(33(45)25-39(6,7)50)23-27-14-10-8-11-15-27)42-35(47)32(24-28-16-12-9-13-17-28)43-36(48)44-20-18-29(19-21-44)40-37(49)51-38(3,4)5/h9,12-13,16-17,26-27,29-33,45,50H,8,10-11,14-15,18-25H2,1-7H3,(H,40,49)(H,41,46)(H,42,47)(H,43,48)/t30-,31-,32-,33-/m0/s1. The second-order valence-corrected chi connectivity index (χ2v) is 16.7. The second-order valence-electron chi connectivity index (χ2n) is 16.7. The van der Waals surface area contributed by atoms with Gasteiger partial charge in [-0.05, 0) is 77.7 Å². The zero-order valence-corrected chi connectivity index (χ0v) is 32.0. The maximum atomic E-state index is 14.0. The predicted molar refractivity (Wildman–Crippen MR) is 198 cm³/mol. The third-order valence-corrected chi connectivity index (χ3v) is 9.55. The lowest BCUT2D eigenvalue weighted by Gasteiger charge is -2.34. The van der Waals surface area contributed by atoms with E-state index in [1.54, 1.807) is 39.5 Å². The molecule has 0 aromatic heterocycles. The van der Waals surface area contributed by atoms with Crippen LogP contribution in [0.5, 0.6) is 0 Å². The zero-order chi connectivity index (χ0) is 37.8. The zero-order valence-electron chi connectivity index (χ0n) is 32.0. The van der Waals surface area contributed by atoms with Crippen LogP contribution < -0.4 is 21.3 Å². The molecule has 3 rings (SSSR count). The molecule has 1 aromatic rings. The van der Waals surface area contributed by atoms with Crippen molar-refractivity contribution < 1.29 is 34.1 Å². The van der Waals surface area contributed by atoms with E-state index in [1.807, 2.05) is 44.2 Å². The fourth-order valence-electron chi connectivity index (χ4n) is 7.01. The predicted octanol–water partition coefficient (Wildman–Crippen LogP) is 4.80. The summed E-state index contributed by atoms with van der Waals surface area (Å²) >= 11 is 0. The van der Waals surface area contributed by atoms with Crippen LogP contribution in [0.3, 0.4) is 0 Å². The molecule has 5 amide bonds. The van der Waals surface area contributed by atoms with Crippen LogP contribution in [-0.4, -0.2) is 93.6 Å². The van der Waals surface area contributed by atoms with Gasteiger partial charge in [-0.3, -0.25) is 9.59 Å². The van der Waals surface area contributed by atoms with Crippen LogP contribution in [0.25, 0.3) is 0 Å². The molecule has 0 bridgehead atoms. The Morgan fingerprint density at radius 2 is 1.47 bits per heavy atom. The van der Waals surface area contributed by atoms with Gasteiger partial charge in [-0.25, -0.2) is 9.59 Å². The van der Waals surface area contributed by atoms with Crippen molar-refractivity contribution in [3.8, 4) is 0 Å². The molecule has 1 aliphatic heterocycles. The Morgan fingerprint density at radius 3 is 2.04 bits per heavy atom. The number of rotatable bonds is 15. The summed E-state index contributed by atoms with van der Waals surface area (Å²) in [4.78, 5) is 55.4. The van der Waals surface area contributed by atoms with E-state index in [-0.39, 0.29) is 24.8 Å². The SMILES string of the molecule is CC(C)C[C@H](NC(=O)[C@H](Cc1ccccc1)NC(=O)N1CCC(NC(=O)OC(C)(C)C)CC1)C(=O)N[C@@H](CC1CCCCC1)[C@@H](O)CC(C)(C)O. The van der Waals surface area contributed by atoms with Gasteiger partial charge < -0.3 is 41.1 Å². The van der Waals surface area contributed by atoms with Gasteiger partial charge in [0.25, 0.3) is 0 Å². The first-order chi connectivity index (χ1) is 23.9. The summed E-state index contributed by atoms with van der Waals surface area (Å²) in [6, 6.07) is 6.43. The minimum absolute atomic E-state index is 0.0666. The molecule has 1 heterocycles. The Bertz CT molecular complexity index is 1250. The Morgan fingerprint density at radius 1 is 0.863 bits per heavy atom. The van der Waals surface area contributed by atoms with Crippen LogP contribution in [0.4, 0.5) is 9.59 Å². The van der Waals surface area contributed by atoms with Crippen molar-refractivity contribution in [2.75, 3.05) is 13.1 Å². The summed E-state index contributed by atoms with van der Waals surface area (Å²) in [5.41, 5.74) is -0.874. The minimum atomic E-state index is -1.12. The number of piperidine rings is 1. The van der Waals surface area contributed by atoms with E-state index in [1.165, 1.54) is 6.42 Å². The number of aliphatic hydroxyl groups excluding tert-OH is 1. The van der Waals surface area contributed by atoms with Gasteiger partial charge in [-0.1, -0.05) is 76.3 Å². The molecule has 0 unspecified atom stereocenters. The summed E-state index contributed by atoms with van der Waals surface area (Å²) in [5, 5.41) is 33.5. The van der Waals surface area contributed by atoms with Gasteiger partial charge in [-0.15, -0.1) is 0 Å². The molecule has 1 aliphatic carbocycles. The molecule has 6 N–H and O–H groups in total. The monoisotopic (exact) mass is 715 g/mol. The van der Waals surface area contributed by atoms with Gasteiger partial charge in [0, 0.05) is 32.0 Å². The minimum Gasteiger partial charge on any atom is -0.444 e. The Hall–Kier alpha value is -3.38. The first-order valence-electron chi connectivity index (χ1n) is 19.0. The molecular formula is C39H65N5O7. The van der Waals surface area contributed by atoms with Gasteiger partial charge in [0.05, 0.1) is 17.7 Å². The summed E-state index contributed by atoms with van der Waals surface area (Å²) in [6.07, 6.45) is 6.42. The molecule has 1 saturated carbocycles. The molecule has 51 heavy (non-hydrogen) atoms. The lowest BCUT2D eigenvalue weighted by atomic mass is 9.82. The van der Waals surface area contributed by atoms with E-state index in [0.717, 1.165) is 31.2 Å². The summed E-state index contributed by atoms with van der Waals surface area (Å²) < 4.78 is 5.37. The lowest BCUT2D eigenvalue weighted by molar-refractivity contribution is -0.131. The Kier molecular flexibility index (Phi) is 16.0. The number of amides is 5. The fourth-order valence-corrected chi connectivity index (χ4v) is 7.01. The second kappa shape index (κ2) is 19.5. The van der Waals surface area contributed by atoms with Gasteiger partial charge in [-0.2, -0.15) is 0 Å². The first-order valence-corrected chi connectivity index (χ1v) is 19.0. The van der Waals surface area contributed by atoms with Crippen LogP contribution in [0.2, 0.25) is 0 Å². The number of hydrogen-bond donors (Lipinski definition) is 6. The Balaban J connectivity index is 1.72. The highest BCUT2D eigenvalue weighted by molar-refractivity contribution is 5.92. The average molecular weight is 716 g/mol. The van der Waals surface area contributed by atoms with Gasteiger partial charge in [0.2, 0.25) is 11.8 Å². The summed E-state index contributed by atoms with van der Waals surface area (Å²) in [6.45, 7) is 13.4. The van der Waals surface area contributed by atoms with Crippen molar-refractivity contribution in [3.05, 3.63) is 35.9 Å². The fraction of sp³-hybridized carbons (Fsp3) is 0.744. The summed E-state index contributed by atoms with van der Waals surface area (Å²) in [5.74, 6) is -0.438. The number of urea groups is 1. The van der Waals surface area contributed by atoms with Crippen molar-refractivity contribution in [1.29, 1.82) is 0 Å². The number of benzene rings is 1. The third kappa shape index (κ3) is 15.8. The van der Waals surface area contributed by atoms with Gasteiger partial charge in [0.15, 0.2) is 0 Å². The highest BCUT2D eigenvalue weighted by Crippen LogP contribution is 2.29. The lowest BCUT2D eigenvalue weighted by Crippen LogP contribution is -2.59. The van der Waals surface area contributed by atoms with Crippen molar-refractivity contribution in [3.63, 3.8) is 0 Å². The number of carbonyl (C=O) groups is 4. The number of likely N-dealkylation sites (tertiary alicyclic amines) is 1. The quantitative estimate of drug-likeness (QED) is 0.152. The van der Waals surface area contributed by atoms with E-state index in [0.29, 0.717) is 44.7 Å². The molecule has 1 aromatic carbocycles. The molecule has 2 aliphatic rings. The molecule has 12 heteroatoms. The molecule has 12 nitrogen and oxygen atoms in total. The number of ether oxygens (including phenoxy) is 1. The van der Waals surface area contributed by atoms with E-state index in [2.05, 4.69) is 21.3 Å². The van der Waals surface area contributed by atoms with Crippen LogP contribution in [-0.2, 0) is 20.7 Å². The van der Waals surface area contributed by atoms with E-state index < -0.39 is 59.4 Å². The van der Waals surface area contributed by atoms with Crippen molar-refractivity contribution >= 4 is 23.9 Å². The van der Waals surface area contributed by atoms with Crippen LogP contribution in [0.1, 0.15) is 118 Å². The Labute approximate surface area is 305 Å². The van der Waals surface area contributed by atoms with E-state index >= 15 is 0 Å². The van der Waals surface area contributed by atoms with Crippen LogP contribution in [0, 0.1) is 11.8 Å². The van der Waals surface area contributed by atoms with Crippen molar-refractivity contribution in [2.45, 2.75) is 161 Å². The number of hydrogen-bond acceptors (Lipinski definition) is 7. The summed E-state index contributed by atoms with van der Waals surface area (Å²) in [7, 11) is 0. The highest BCUT2D eigenvalue weighted by atomic mass is 16.6. The molecule has 4 atom stereocenters. The van der Waals surface area contributed by atoms with E-state index in [9.17, 15) is 29.4 Å².